The van der Waals surface area contributed by atoms with Crippen molar-refractivity contribution < 1.29 is 9.53 Å². The molecule has 0 radical (unpaired) electrons. The van der Waals surface area contributed by atoms with Gasteiger partial charge in [0.1, 0.15) is 0 Å². The van der Waals surface area contributed by atoms with Crippen LogP contribution in [0.3, 0.4) is 0 Å². The number of methoxy groups -OCH3 is 1. The molecule has 0 bridgehead atoms. The van der Waals surface area contributed by atoms with Crippen LogP contribution in [0.25, 0.3) is 0 Å². The van der Waals surface area contributed by atoms with E-state index in [1.807, 2.05) is 6.08 Å². The van der Waals surface area contributed by atoms with Gasteiger partial charge in [-0.15, -0.1) is 6.58 Å². The lowest BCUT2D eigenvalue weighted by Gasteiger charge is -2.14. The van der Waals surface area contributed by atoms with Crippen molar-refractivity contribution in [3.05, 3.63) is 12.7 Å². The van der Waals surface area contributed by atoms with Crippen LogP contribution < -0.4 is 0 Å². The number of ether oxygens (including phenoxy) is 1. The topological polar surface area (TPSA) is 26.3 Å². The fourth-order valence-corrected chi connectivity index (χ4v) is 1.99. The molecule has 1 aliphatic rings. The van der Waals surface area contributed by atoms with Crippen molar-refractivity contribution >= 4 is 5.97 Å². The van der Waals surface area contributed by atoms with Gasteiger partial charge in [0.05, 0.1) is 13.0 Å². The Labute approximate surface area is 73.6 Å². The van der Waals surface area contributed by atoms with E-state index in [4.69, 9.17) is 4.74 Å². The van der Waals surface area contributed by atoms with Crippen LogP contribution in [0.15, 0.2) is 12.7 Å². The highest BCUT2D eigenvalue weighted by molar-refractivity contribution is 5.72. The predicted molar refractivity (Wildman–Crippen MR) is 47.7 cm³/mol. The molecule has 0 spiro atoms. The highest BCUT2D eigenvalue weighted by atomic mass is 16.5. The quantitative estimate of drug-likeness (QED) is 0.477. The zero-order valence-corrected chi connectivity index (χ0v) is 7.58. The number of hydrogen-bond donors (Lipinski definition) is 0. The summed E-state index contributed by atoms with van der Waals surface area (Å²) in [5.74, 6) is 0.572. The zero-order valence-electron chi connectivity index (χ0n) is 7.58. The maximum Gasteiger partial charge on any atom is 0.308 e. The normalized spacial score (nSPS) is 28.4. The summed E-state index contributed by atoms with van der Waals surface area (Å²) in [5, 5.41) is 0. The Bertz CT molecular complexity index is 175. The smallest absolute Gasteiger partial charge is 0.308 e. The van der Waals surface area contributed by atoms with E-state index in [-0.39, 0.29) is 11.9 Å². The van der Waals surface area contributed by atoms with Gasteiger partial charge >= 0.3 is 5.97 Å². The fraction of sp³-hybridized carbons (Fsp3) is 0.700. The van der Waals surface area contributed by atoms with Gasteiger partial charge in [-0.25, -0.2) is 0 Å². The van der Waals surface area contributed by atoms with E-state index >= 15 is 0 Å². The molecule has 12 heavy (non-hydrogen) atoms. The lowest BCUT2D eigenvalue weighted by atomic mass is 9.93. The van der Waals surface area contributed by atoms with Crippen molar-refractivity contribution in [3.8, 4) is 0 Å². The Morgan fingerprint density at radius 3 is 3.00 bits per heavy atom. The monoisotopic (exact) mass is 168 g/mol. The average molecular weight is 168 g/mol. The molecule has 0 aliphatic heterocycles. The van der Waals surface area contributed by atoms with E-state index in [9.17, 15) is 4.79 Å². The minimum Gasteiger partial charge on any atom is -0.469 e. The second kappa shape index (κ2) is 4.29. The van der Waals surface area contributed by atoms with Crippen molar-refractivity contribution in [1.29, 1.82) is 0 Å². The van der Waals surface area contributed by atoms with E-state index in [0.29, 0.717) is 5.92 Å². The van der Waals surface area contributed by atoms with Gasteiger partial charge in [-0.3, -0.25) is 4.79 Å². The van der Waals surface area contributed by atoms with Crippen LogP contribution in [0.2, 0.25) is 0 Å². The SMILES string of the molecule is C=CCC1CCCC1C(=O)OC. The summed E-state index contributed by atoms with van der Waals surface area (Å²) in [6.07, 6.45) is 6.13. The lowest BCUT2D eigenvalue weighted by molar-refractivity contribution is -0.146. The summed E-state index contributed by atoms with van der Waals surface area (Å²) in [6.45, 7) is 3.69. The number of carbonyl (C=O) groups excluding carboxylic acids is 1. The zero-order chi connectivity index (χ0) is 8.97. The summed E-state index contributed by atoms with van der Waals surface area (Å²) in [7, 11) is 1.46. The van der Waals surface area contributed by atoms with E-state index in [0.717, 1.165) is 25.7 Å². The van der Waals surface area contributed by atoms with Crippen LogP contribution in [0.5, 0.6) is 0 Å². The summed E-state index contributed by atoms with van der Waals surface area (Å²) in [4.78, 5) is 11.2. The van der Waals surface area contributed by atoms with Gasteiger partial charge in [-0.05, 0) is 25.2 Å². The molecule has 68 valence electrons. The van der Waals surface area contributed by atoms with Crippen LogP contribution in [-0.4, -0.2) is 13.1 Å². The lowest BCUT2D eigenvalue weighted by Crippen LogP contribution is -2.19. The third-order valence-electron chi connectivity index (χ3n) is 2.63. The second-order valence-corrected chi connectivity index (χ2v) is 3.35. The number of esters is 1. The Hall–Kier alpha value is -0.790. The molecule has 0 aromatic heterocycles. The Balaban J connectivity index is 2.50. The van der Waals surface area contributed by atoms with Gasteiger partial charge in [0.2, 0.25) is 0 Å². The van der Waals surface area contributed by atoms with Gasteiger partial charge in [-0.2, -0.15) is 0 Å². The highest BCUT2D eigenvalue weighted by Crippen LogP contribution is 2.34. The fourth-order valence-electron chi connectivity index (χ4n) is 1.99. The van der Waals surface area contributed by atoms with Crippen LogP contribution in [-0.2, 0) is 9.53 Å². The molecular weight excluding hydrogens is 152 g/mol. The van der Waals surface area contributed by atoms with Gasteiger partial charge in [0.25, 0.3) is 0 Å². The maximum absolute atomic E-state index is 11.2. The van der Waals surface area contributed by atoms with E-state index in [1.165, 1.54) is 7.11 Å². The predicted octanol–water partition coefficient (Wildman–Crippen LogP) is 2.15. The minimum absolute atomic E-state index is 0.0423. The molecular formula is C10H16O2. The molecule has 1 aliphatic carbocycles. The molecule has 2 heteroatoms. The number of carbonyl (C=O) groups is 1. The number of hydrogen-bond acceptors (Lipinski definition) is 2. The molecule has 0 aromatic carbocycles. The number of rotatable bonds is 3. The van der Waals surface area contributed by atoms with Gasteiger partial charge in [0.15, 0.2) is 0 Å². The van der Waals surface area contributed by atoms with Crippen LogP contribution >= 0.6 is 0 Å². The van der Waals surface area contributed by atoms with Gasteiger partial charge in [0, 0.05) is 0 Å². The molecule has 1 saturated carbocycles. The van der Waals surface area contributed by atoms with Gasteiger partial charge < -0.3 is 4.74 Å². The summed E-state index contributed by atoms with van der Waals surface area (Å²) >= 11 is 0. The maximum atomic E-state index is 11.2. The molecule has 0 saturated heterocycles. The van der Waals surface area contributed by atoms with Crippen molar-refractivity contribution in [1.82, 2.24) is 0 Å². The summed E-state index contributed by atoms with van der Waals surface area (Å²) in [6, 6.07) is 0. The Morgan fingerprint density at radius 1 is 1.67 bits per heavy atom. The largest absolute Gasteiger partial charge is 0.469 e. The first-order valence-corrected chi connectivity index (χ1v) is 4.48. The Morgan fingerprint density at radius 2 is 2.42 bits per heavy atom. The molecule has 1 rings (SSSR count). The summed E-state index contributed by atoms with van der Waals surface area (Å²) in [5.41, 5.74) is 0. The third-order valence-corrected chi connectivity index (χ3v) is 2.63. The van der Waals surface area contributed by atoms with Crippen molar-refractivity contribution in [2.24, 2.45) is 11.8 Å². The van der Waals surface area contributed by atoms with Crippen molar-refractivity contribution in [2.45, 2.75) is 25.7 Å². The molecule has 0 amide bonds. The minimum atomic E-state index is -0.0423. The molecule has 2 unspecified atom stereocenters. The van der Waals surface area contributed by atoms with Crippen molar-refractivity contribution in [3.63, 3.8) is 0 Å². The van der Waals surface area contributed by atoms with Gasteiger partial charge in [-0.1, -0.05) is 12.5 Å². The molecule has 0 heterocycles. The van der Waals surface area contributed by atoms with E-state index in [1.54, 1.807) is 0 Å². The number of allylic oxidation sites excluding steroid dienone is 1. The summed E-state index contributed by atoms with van der Waals surface area (Å²) < 4.78 is 4.74. The first-order chi connectivity index (χ1) is 5.79. The second-order valence-electron chi connectivity index (χ2n) is 3.35. The molecule has 1 fully saturated rings. The van der Waals surface area contributed by atoms with Crippen LogP contribution in [0.1, 0.15) is 25.7 Å². The van der Waals surface area contributed by atoms with Crippen LogP contribution in [0, 0.1) is 11.8 Å². The third kappa shape index (κ3) is 1.87. The molecule has 0 aromatic rings. The standard InChI is InChI=1S/C10H16O2/c1-3-5-8-6-4-7-9(8)10(11)12-2/h3,8-9H,1,4-7H2,2H3. The Kier molecular flexibility index (Phi) is 3.32. The molecule has 0 N–H and O–H groups in total. The van der Waals surface area contributed by atoms with E-state index < -0.39 is 0 Å². The van der Waals surface area contributed by atoms with E-state index in [2.05, 4.69) is 6.58 Å². The molecule has 2 atom stereocenters. The first kappa shape index (κ1) is 9.30. The first-order valence-electron chi connectivity index (χ1n) is 4.48. The average Bonchev–Trinajstić information content (AvgIpc) is 2.52. The highest BCUT2D eigenvalue weighted by Gasteiger charge is 2.32. The van der Waals surface area contributed by atoms with Crippen molar-refractivity contribution in [2.75, 3.05) is 7.11 Å². The van der Waals surface area contributed by atoms with Crippen LogP contribution in [0.4, 0.5) is 0 Å². The molecule has 2 nitrogen and oxygen atoms in total.